The molecular weight excluding hydrogens is 180 g/mol. The van der Waals surface area contributed by atoms with E-state index in [1.165, 1.54) is 0 Å². The molecule has 0 saturated carbocycles. The van der Waals surface area contributed by atoms with E-state index in [9.17, 15) is 4.79 Å². The fraction of sp³-hybridized carbons (Fsp3) is 0.364. The van der Waals surface area contributed by atoms with Gasteiger partial charge in [-0.1, -0.05) is 25.1 Å². The Morgan fingerprint density at radius 1 is 1.50 bits per heavy atom. The van der Waals surface area contributed by atoms with Crippen molar-refractivity contribution in [3.63, 3.8) is 0 Å². The molecule has 0 amide bonds. The Labute approximate surface area is 82.3 Å². The summed E-state index contributed by atoms with van der Waals surface area (Å²) in [7, 11) is 0. The van der Waals surface area contributed by atoms with Gasteiger partial charge in [0, 0.05) is 11.5 Å². The topological polar surface area (TPSA) is 46.5 Å². The molecule has 1 heterocycles. The van der Waals surface area contributed by atoms with Crippen molar-refractivity contribution in [2.24, 2.45) is 0 Å². The zero-order valence-electron chi connectivity index (χ0n) is 8.15. The number of ether oxygens (including phenoxy) is 1. The van der Waals surface area contributed by atoms with Crippen LogP contribution in [0, 0.1) is 0 Å². The van der Waals surface area contributed by atoms with Gasteiger partial charge < -0.3 is 9.84 Å². The summed E-state index contributed by atoms with van der Waals surface area (Å²) in [5.41, 5.74) is -0.152. The van der Waals surface area contributed by atoms with Crippen molar-refractivity contribution in [1.29, 1.82) is 0 Å². The molecule has 1 N–H and O–H groups in total. The molecule has 1 aromatic rings. The molecule has 1 aromatic carbocycles. The minimum Gasteiger partial charge on any atom is -0.478 e. The quantitative estimate of drug-likeness (QED) is 0.740. The Balaban J connectivity index is 2.48. The van der Waals surface area contributed by atoms with E-state index in [2.05, 4.69) is 0 Å². The predicted octanol–water partition coefficient (Wildman–Crippen LogP) is 2.03. The van der Waals surface area contributed by atoms with E-state index in [0.717, 1.165) is 5.56 Å². The number of benzene rings is 1. The van der Waals surface area contributed by atoms with Crippen molar-refractivity contribution < 1.29 is 14.6 Å². The Morgan fingerprint density at radius 2 is 2.14 bits per heavy atom. The summed E-state index contributed by atoms with van der Waals surface area (Å²) < 4.78 is 5.47. The van der Waals surface area contributed by atoms with E-state index in [4.69, 9.17) is 9.84 Å². The summed E-state index contributed by atoms with van der Waals surface area (Å²) in [5.74, 6) is -0.345. The maximum Gasteiger partial charge on any atom is 0.348 e. The van der Waals surface area contributed by atoms with Crippen molar-refractivity contribution in [2.75, 3.05) is 0 Å². The van der Waals surface area contributed by atoms with Gasteiger partial charge in [0.2, 0.25) is 5.60 Å². The number of carbonyl (C=O) groups is 1. The number of hydrogen-bond acceptors (Lipinski definition) is 2. The molecule has 0 fully saturated rings. The van der Waals surface area contributed by atoms with Crippen molar-refractivity contribution >= 4 is 5.97 Å². The second-order valence-corrected chi connectivity index (χ2v) is 3.77. The number of rotatable bonds is 1. The standard InChI is InChI=1S/C11H12O3/c1-7-8-5-3-4-6-9(8)14-11(7,2)10(12)13/h3-7H,1-2H3,(H,12,13). The molecule has 2 unspecified atom stereocenters. The summed E-state index contributed by atoms with van der Waals surface area (Å²) in [6.07, 6.45) is 0. The van der Waals surface area contributed by atoms with Crippen LogP contribution in [0.5, 0.6) is 5.75 Å². The third kappa shape index (κ3) is 1.02. The molecule has 3 heteroatoms. The molecule has 2 rings (SSSR count). The molecule has 0 saturated heterocycles. The number of carboxylic acids is 1. The van der Waals surface area contributed by atoms with Crippen LogP contribution in [0.4, 0.5) is 0 Å². The molecule has 0 bridgehead atoms. The second-order valence-electron chi connectivity index (χ2n) is 3.77. The summed E-state index contributed by atoms with van der Waals surface area (Å²) in [5, 5.41) is 9.09. The summed E-state index contributed by atoms with van der Waals surface area (Å²) in [4.78, 5) is 11.1. The van der Waals surface area contributed by atoms with E-state index in [0.29, 0.717) is 5.75 Å². The third-order valence-electron chi connectivity index (χ3n) is 2.96. The summed E-state index contributed by atoms with van der Waals surface area (Å²) >= 11 is 0. The monoisotopic (exact) mass is 192 g/mol. The van der Waals surface area contributed by atoms with Crippen molar-refractivity contribution in [2.45, 2.75) is 25.4 Å². The minimum absolute atomic E-state index is 0.115. The number of para-hydroxylation sites is 1. The fourth-order valence-corrected chi connectivity index (χ4v) is 1.77. The van der Waals surface area contributed by atoms with Crippen LogP contribution in [0.25, 0.3) is 0 Å². The third-order valence-corrected chi connectivity index (χ3v) is 2.96. The molecule has 14 heavy (non-hydrogen) atoms. The molecule has 74 valence electrons. The van der Waals surface area contributed by atoms with Crippen LogP contribution in [0.15, 0.2) is 24.3 Å². The number of carboxylic acid groups (broad SMARTS) is 1. The SMILES string of the molecule is CC1c2ccccc2OC1(C)C(=O)O. The van der Waals surface area contributed by atoms with E-state index in [1.807, 2.05) is 25.1 Å². The first kappa shape index (κ1) is 9.06. The van der Waals surface area contributed by atoms with Gasteiger partial charge in [-0.05, 0) is 13.0 Å². The second kappa shape index (κ2) is 2.74. The van der Waals surface area contributed by atoms with E-state index in [1.54, 1.807) is 13.0 Å². The lowest BCUT2D eigenvalue weighted by Crippen LogP contribution is -2.42. The van der Waals surface area contributed by atoms with Crippen molar-refractivity contribution in [1.82, 2.24) is 0 Å². The average molecular weight is 192 g/mol. The lowest BCUT2D eigenvalue weighted by atomic mass is 9.87. The highest BCUT2D eigenvalue weighted by Crippen LogP contribution is 2.44. The lowest BCUT2D eigenvalue weighted by Gasteiger charge is -2.23. The average Bonchev–Trinajstić information content (AvgIpc) is 2.42. The fourth-order valence-electron chi connectivity index (χ4n) is 1.77. The highest BCUT2D eigenvalue weighted by atomic mass is 16.5. The van der Waals surface area contributed by atoms with E-state index >= 15 is 0 Å². The van der Waals surface area contributed by atoms with Gasteiger partial charge in [-0.3, -0.25) is 0 Å². The van der Waals surface area contributed by atoms with E-state index in [-0.39, 0.29) is 5.92 Å². The van der Waals surface area contributed by atoms with Crippen LogP contribution in [-0.2, 0) is 4.79 Å². The van der Waals surface area contributed by atoms with Gasteiger partial charge in [0.25, 0.3) is 0 Å². The maximum absolute atomic E-state index is 11.1. The van der Waals surface area contributed by atoms with Gasteiger partial charge in [0.1, 0.15) is 5.75 Å². The molecule has 0 aromatic heterocycles. The Hall–Kier alpha value is -1.51. The lowest BCUT2D eigenvalue weighted by molar-refractivity contribution is -0.153. The smallest absolute Gasteiger partial charge is 0.348 e. The Kier molecular flexibility index (Phi) is 1.77. The van der Waals surface area contributed by atoms with Gasteiger partial charge in [-0.2, -0.15) is 0 Å². The van der Waals surface area contributed by atoms with Crippen LogP contribution in [0.2, 0.25) is 0 Å². The normalized spacial score (nSPS) is 29.4. The zero-order valence-corrected chi connectivity index (χ0v) is 8.15. The molecule has 3 nitrogen and oxygen atoms in total. The van der Waals surface area contributed by atoms with Crippen molar-refractivity contribution in [3.8, 4) is 5.75 Å². The highest BCUT2D eigenvalue weighted by Gasteiger charge is 2.48. The van der Waals surface area contributed by atoms with Gasteiger partial charge in [-0.25, -0.2) is 4.79 Å². The van der Waals surface area contributed by atoms with Crippen LogP contribution >= 0.6 is 0 Å². The Morgan fingerprint density at radius 3 is 2.71 bits per heavy atom. The summed E-state index contributed by atoms with van der Waals surface area (Å²) in [6, 6.07) is 7.46. The minimum atomic E-state index is -1.12. The molecule has 0 aliphatic carbocycles. The molecule has 1 aliphatic heterocycles. The van der Waals surface area contributed by atoms with Crippen LogP contribution < -0.4 is 4.74 Å². The number of aliphatic carboxylic acids is 1. The van der Waals surface area contributed by atoms with Gasteiger partial charge in [0.05, 0.1) is 0 Å². The molecule has 0 radical (unpaired) electrons. The maximum atomic E-state index is 11.1. The van der Waals surface area contributed by atoms with Crippen LogP contribution in [-0.4, -0.2) is 16.7 Å². The molecule has 0 spiro atoms. The molecule has 1 aliphatic rings. The molecule has 2 atom stereocenters. The van der Waals surface area contributed by atoms with Crippen LogP contribution in [0.1, 0.15) is 25.3 Å². The van der Waals surface area contributed by atoms with Crippen molar-refractivity contribution in [3.05, 3.63) is 29.8 Å². The Bertz CT molecular complexity index is 386. The first-order chi connectivity index (χ1) is 6.55. The van der Waals surface area contributed by atoms with Gasteiger partial charge in [-0.15, -0.1) is 0 Å². The highest BCUT2D eigenvalue weighted by molar-refractivity contribution is 5.80. The predicted molar refractivity (Wildman–Crippen MR) is 51.5 cm³/mol. The van der Waals surface area contributed by atoms with Gasteiger partial charge in [0.15, 0.2) is 0 Å². The molecular formula is C11H12O3. The van der Waals surface area contributed by atoms with Crippen LogP contribution in [0.3, 0.4) is 0 Å². The largest absolute Gasteiger partial charge is 0.478 e. The first-order valence-corrected chi connectivity index (χ1v) is 4.57. The first-order valence-electron chi connectivity index (χ1n) is 4.57. The zero-order chi connectivity index (χ0) is 10.3. The summed E-state index contributed by atoms with van der Waals surface area (Å²) in [6.45, 7) is 3.49. The number of hydrogen-bond donors (Lipinski definition) is 1. The number of fused-ring (bicyclic) bond motifs is 1. The van der Waals surface area contributed by atoms with E-state index < -0.39 is 11.6 Å². The van der Waals surface area contributed by atoms with Gasteiger partial charge >= 0.3 is 5.97 Å².